The summed E-state index contributed by atoms with van der Waals surface area (Å²) in [6.45, 7) is 10.1. The van der Waals surface area contributed by atoms with Crippen LogP contribution in [0.5, 0.6) is 0 Å². The van der Waals surface area contributed by atoms with Gasteiger partial charge in [0.2, 0.25) is 0 Å². The summed E-state index contributed by atoms with van der Waals surface area (Å²) in [6, 6.07) is 0. The first kappa shape index (κ1) is 11.0. The summed E-state index contributed by atoms with van der Waals surface area (Å²) in [5.41, 5.74) is 4.22. The number of ketones is 1. The van der Waals surface area contributed by atoms with Crippen molar-refractivity contribution in [1.29, 1.82) is 0 Å². The van der Waals surface area contributed by atoms with Crippen LogP contribution in [0.15, 0.2) is 0 Å². The van der Waals surface area contributed by atoms with Gasteiger partial charge in [0, 0.05) is 11.6 Å². The van der Waals surface area contributed by atoms with Crippen LogP contribution < -0.4 is 0 Å². The van der Waals surface area contributed by atoms with Crippen LogP contribution in [0.1, 0.15) is 47.6 Å². The highest BCUT2D eigenvalue weighted by Crippen LogP contribution is 2.20. The number of Topliss-reactive ketones (excluding diaryl/α,β-unsaturated/α-hetero) is 1. The molecule has 0 fully saturated rings. The van der Waals surface area contributed by atoms with Gasteiger partial charge in [-0.25, -0.2) is 0 Å². The predicted octanol–water partition coefficient (Wildman–Crippen LogP) is 3.17. The molecule has 1 unspecified atom stereocenters. The number of rotatable bonds is 3. The van der Waals surface area contributed by atoms with E-state index in [1.165, 1.54) is 5.56 Å². The zero-order valence-corrected chi connectivity index (χ0v) is 9.69. The van der Waals surface area contributed by atoms with Crippen LogP contribution in [0.25, 0.3) is 0 Å². The summed E-state index contributed by atoms with van der Waals surface area (Å²) in [6.07, 6.45) is 0.898. The van der Waals surface area contributed by atoms with E-state index < -0.39 is 0 Å². The highest BCUT2D eigenvalue weighted by molar-refractivity contribution is 5.97. The topological polar surface area (TPSA) is 32.9 Å². The minimum absolute atomic E-state index is 0.117. The van der Waals surface area contributed by atoms with Crippen molar-refractivity contribution < 1.29 is 4.79 Å². The molecular formula is C12H19NO. The maximum absolute atomic E-state index is 11.9. The molecule has 0 aliphatic carbocycles. The van der Waals surface area contributed by atoms with Gasteiger partial charge in [-0.15, -0.1) is 0 Å². The zero-order valence-electron chi connectivity index (χ0n) is 9.69. The first-order valence-corrected chi connectivity index (χ1v) is 5.19. The van der Waals surface area contributed by atoms with Gasteiger partial charge in [-0.05, 0) is 38.3 Å². The molecule has 1 N–H and O–H groups in total. The Morgan fingerprint density at radius 3 is 2.21 bits per heavy atom. The fourth-order valence-corrected chi connectivity index (χ4v) is 1.52. The first-order chi connectivity index (χ1) is 6.49. The highest BCUT2D eigenvalue weighted by atomic mass is 16.1. The van der Waals surface area contributed by atoms with Crippen molar-refractivity contribution in [3.63, 3.8) is 0 Å². The first-order valence-electron chi connectivity index (χ1n) is 5.19. The number of carbonyl (C=O) groups excluding carboxylic acids is 1. The van der Waals surface area contributed by atoms with E-state index in [9.17, 15) is 4.79 Å². The Labute approximate surface area is 85.7 Å². The molecule has 78 valence electrons. The van der Waals surface area contributed by atoms with Gasteiger partial charge in [0.05, 0.1) is 5.69 Å². The van der Waals surface area contributed by atoms with Crippen LogP contribution in [-0.4, -0.2) is 10.8 Å². The Morgan fingerprint density at radius 2 is 1.86 bits per heavy atom. The molecule has 1 atom stereocenters. The lowest BCUT2D eigenvalue weighted by atomic mass is 9.98. The maximum Gasteiger partial charge on any atom is 0.182 e. The number of hydrogen-bond acceptors (Lipinski definition) is 1. The van der Waals surface area contributed by atoms with Gasteiger partial charge in [0.1, 0.15) is 0 Å². The minimum atomic E-state index is 0.117. The van der Waals surface area contributed by atoms with Gasteiger partial charge < -0.3 is 4.98 Å². The lowest BCUT2D eigenvalue weighted by Crippen LogP contribution is -2.11. The minimum Gasteiger partial charge on any atom is -0.356 e. The Hall–Kier alpha value is -1.05. The SMILES string of the molecule is CCC(C)C(=O)c1[nH]c(C)c(C)c1C. The summed E-state index contributed by atoms with van der Waals surface area (Å²) < 4.78 is 0. The van der Waals surface area contributed by atoms with Crippen LogP contribution in [0.4, 0.5) is 0 Å². The fourth-order valence-electron chi connectivity index (χ4n) is 1.52. The zero-order chi connectivity index (χ0) is 10.9. The number of aryl methyl sites for hydroxylation is 1. The van der Waals surface area contributed by atoms with E-state index >= 15 is 0 Å². The number of aromatic amines is 1. The quantitative estimate of drug-likeness (QED) is 0.735. The van der Waals surface area contributed by atoms with Crippen LogP contribution >= 0.6 is 0 Å². The molecule has 0 saturated heterocycles. The van der Waals surface area contributed by atoms with Gasteiger partial charge in [-0.1, -0.05) is 13.8 Å². The molecule has 2 nitrogen and oxygen atoms in total. The molecule has 2 heteroatoms. The third kappa shape index (κ3) is 1.74. The molecule has 0 spiro atoms. The smallest absolute Gasteiger partial charge is 0.182 e. The Kier molecular flexibility index (Phi) is 3.14. The summed E-state index contributed by atoms with van der Waals surface area (Å²) in [4.78, 5) is 15.1. The van der Waals surface area contributed by atoms with E-state index in [1.54, 1.807) is 0 Å². The predicted molar refractivity (Wildman–Crippen MR) is 58.8 cm³/mol. The van der Waals surface area contributed by atoms with Gasteiger partial charge in [-0.2, -0.15) is 0 Å². The number of carbonyl (C=O) groups is 1. The summed E-state index contributed by atoms with van der Waals surface area (Å²) in [7, 11) is 0. The molecule has 1 aromatic heterocycles. The molecule has 1 aromatic rings. The van der Waals surface area contributed by atoms with Crippen LogP contribution in [0.3, 0.4) is 0 Å². The summed E-state index contributed by atoms with van der Waals surface area (Å²) >= 11 is 0. The second-order valence-electron chi connectivity index (χ2n) is 4.05. The van der Waals surface area contributed by atoms with E-state index in [2.05, 4.69) is 11.9 Å². The van der Waals surface area contributed by atoms with E-state index in [0.717, 1.165) is 23.4 Å². The molecule has 0 aliphatic heterocycles. The summed E-state index contributed by atoms with van der Waals surface area (Å²) in [5.74, 6) is 0.354. The van der Waals surface area contributed by atoms with Crippen molar-refractivity contribution in [3.8, 4) is 0 Å². The number of nitrogens with one attached hydrogen (secondary N) is 1. The Bertz CT molecular complexity index is 349. The molecule has 0 radical (unpaired) electrons. The summed E-state index contributed by atoms with van der Waals surface area (Å²) in [5, 5.41) is 0. The normalized spacial score (nSPS) is 12.9. The van der Waals surface area contributed by atoms with Gasteiger partial charge in [-0.3, -0.25) is 4.79 Å². The average molecular weight is 193 g/mol. The van der Waals surface area contributed by atoms with E-state index in [4.69, 9.17) is 0 Å². The van der Waals surface area contributed by atoms with Crippen LogP contribution in [-0.2, 0) is 0 Å². The number of aromatic nitrogens is 1. The van der Waals surface area contributed by atoms with Crippen molar-refractivity contribution in [2.45, 2.75) is 41.0 Å². The second-order valence-corrected chi connectivity index (χ2v) is 4.05. The molecular weight excluding hydrogens is 174 g/mol. The molecule has 0 aliphatic rings. The Morgan fingerprint density at radius 1 is 1.29 bits per heavy atom. The molecule has 0 amide bonds. The second kappa shape index (κ2) is 3.99. The maximum atomic E-state index is 11.9. The third-order valence-electron chi connectivity index (χ3n) is 3.12. The monoisotopic (exact) mass is 193 g/mol. The molecule has 0 bridgehead atoms. The van der Waals surface area contributed by atoms with Crippen LogP contribution in [0.2, 0.25) is 0 Å². The van der Waals surface area contributed by atoms with E-state index in [1.807, 2.05) is 27.7 Å². The largest absolute Gasteiger partial charge is 0.356 e. The lowest BCUT2D eigenvalue weighted by Gasteiger charge is -2.06. The molecule has 0 aromatic carbocycles. The van der Waals surface area contributed by atoms with Gasteiger partial charge >= 0.3 is 0 Å². The van der Waals surface area contributed by atoms with E-state index in [0.29, 0.717) is 0 Å². The Balaban J connectivity index is 3.08. The lowest BCUT2D eigenvalue weighted by molar-refractivity contribution is 0.0922. The van der Waals surface area contributed by atoms with Gasteiger partial charge in [0.15, 0.2) is 5.78 Å². The third-order valence-corrected chi connectivity index (χ3v) is 3.12. The van der Waals surface area contributed by atoms with Crippen molar-refractivity contribution in [2.24, 2.45) is 5.92 Å². The van der Waals surface area contributed by atoms with Crippen molar-refractivity contribution in [1.82, 2.24) is 4.98 Å². The molecule has 1 heterocycles. The van der Waals surface area contributed by atoms with Crippen molar-refractivity contribution >= 4 is 5.78 Å². The number of H-pyrrole nitrogens is 1. The van der Waals surface area contributed by atoms with Crippen LogP contribution in [0, 0.1) is 26.7 Å². The van der Waals surface area contributed by atoms with Crippen molar-refractivity contribution in [2.75, 3.05) is 0 Å². The fraction of sp³-hybridized carbons (Fsp3) is 0.583. The molecule has 0 saturated carbocycles. The molecule has 1 rings (SSSR count). The van der Waals surface area contributed by atoms with Gasteiger partial charge in [0.25, 0.3) is 0 Å². The standard InChI is InChI=1S/C12H19NO/c1-6-7(2)12(14)11-9(4)8(3)10(5)13-11/h7,13H,6H2,1-5H3. The highest BCUT2D eigenvalue weighted by Gasteiger charge is 2.18. The van der Waals surface area contributed by atoms with E-state index in [-0.39, 0.29) is 11.7 Å². The molecule has 14 heavy (non-hydrogen) atoms. The van der Waals surface area contributed by atoms with Crippen molar-refractivity contribution in [3.05, 3.63) is 22.5 Å². The number of hydrogen-bond donors (Lipinski definition) is 1. The average Bonchev–Trinajstić information content (AvgIpc) is 2.43.